The number of benzene rings is 1. The van der Waals surface area contributed by atoms with Crippen LogP contribution in [0.3, 0.4) is 0 Å². The third-order valence-corrected chi connectivity index (χ3v) is 4.30. The molecule has 0 aliphatic heterocycles. The summed E-state index contributed by atoms with van der Waals surface area (Å²) in [5.41, 5.74) is -0.161. The SMILES string of the molecule is CCCN(CCC)S(=O)(=O)Nc1ccc(C(=O)O)c(O)c1. The van der Waals surface area contributed by atoms with Gasteiger partial charge in [0.05, 0.1) is 5.69 Å². The average Bonchev–Trinajstić information content (AvgIpc) is 2.37. The second-order valence-electron chi connectivity index (χ2n) is 4.54. The van der Waals surface area contributed by atoms with Crippen LogP contribution in [-0.4, -0.2) is 42.0 Å². The zero-order valence-electron chi connectivity index (χ0n) is 12.0. The van der Waals surface area contributed by atoms with Gasteiger partial charge in [0.2, 0.25) is 0 Å². The number of anilines is 1. The van der Waals surface area contributed by atoms with Crippen molar-refractivity contribution >= 4 is 21.9 Å². The third kappa shape index (κ3) is 4.61. The fraction of sp³-hybridized carbons (Fsp3) is 0.462. The Morgan fingerprint density at radius 3 is 2.24 bits per heavy atom. The molecule has 0 atom stereocenters. The van der Waals surface area contributed by atoms with Gasteiger partial charge < -0.3 is 10.2 Å². The number of hydrogen-bond donors (Lipinski definition) is 3. The molecule has 7 nitrogen and oxygen atoms in total. The van der Waals surface area contributed by atoms with E-state index in [2.05, 4.69) is 4.72 Å². The van der Waals surface area contributed by atoms with Crippen molar-refractivity contribution in [1.29, 1.82) is 0 Å². The van der Waals surface area contributed by atoms with E-state index in [1.54, 1.807) is 0 Å². The lowest BCUT2D eigenvalue weighted by Gasteiger charge is -2.21. The summed E-state index contributed by atoms with van der Waals surface area (Å²) >= 11 is 0. The number of rotatable bonds is 8. The van der Waals surface area contributed by atoms with Crippen LogP contribution in [0.1, 0.15) is 37.0 Å². The van der Waals surface area contributed by atoms with Gasteiger partial charge in [0.15, 0.2) is 0 Å². The molecule has 1 aromatic rings. The molecule has 0 aliphatic carbocycles. The number of nitrogens with one attached hydrogen (secondary N) is 1. The normalized spacial score (nSPS) is 11.6. The Kier molecular flexibility index (Phi) is 5.98. The smallest absolute Gasteiger partial charge is 0.339 e. The van der Waals surface area contributed by atoms with E-state index < -0.39 is 21.9 Å². The molecule has 21 heavy (non-hydrogen) atoms. The molecular formula is C13H20N2O5S. The van der Waals surface area contributed by atoms with Crippen molar-refractivity contribution < 1.29 is 23.4 Å². The second kappa shape index (κ2) is 7.28. The van der Waals surface area contributed by atoms with Crippen molar-refractivity contribution in [2.24, 2.45) is 0 Å². The molecular weight excluding hydrogens is 296 g/mol. The molecule has 1 rings (SSSR count). The molecule has 0 saturated heterocycles. The molecule has 1 aromatic carbocycles. The zero-order valence-corrected chi connectivity index (χ0v) is 12.9. The van der Waals surface area contributed by atoms with E-state index in [0.717, 1.165) is 12.1 Å². The van der Waals surface area contributed by atoms with Crippen LogP contribution in [0.15, 0.2) is 18.2 Å². The minimum Gasteiger partial charge on any atom is -0.507 e. The molecule has 0 spiro atoms. The van der Waals surface area contributed by atoms with Gasteiger partial charge in [0, 0.05) is 19.2 Å². The largest absolute Gasteiger partial charge is 0.507 e. The van der Waals surface area contributed by atoms with Gasteiger partial charge in [0.1, 0.15) is 11.3 Å². The lowest BCUT2D eigenvalue weighted by atomic mass is 10.2. The number of carboxylic acid groups (broad SMARTS) is 1. The van der Waals surface area contributed by atoms with E-state index in [4.69, 9.17) is 5.11 Å². The Hall–Kier alpha value is -1.80. The standard InChI is InChI=1S/C13H20N2O5S/c1-3-7-15(8-4-2)21(19,20)14-10-5-6-11(13(17)18)12(16)9-10/h5-6,9,14,16H,3-4,7-8H2,1-2H3,(H,17,18). The molecule has 0 saturated carbocycles. The zero-order chi connectivity index (χ0) is 16.0. The first-order chi connectivity index (χ1) is 9.81. The lowest BCUT2D eigenvalue weighted by Crippen LogP contribution is -2.37. The van der Waals surface area contributed by atoms with Gasteiger partial charge in [-0.1, -0.05) is 13.8 Å². The van der Waals surface area contributed by atoms with Gasteiger partial charge in [-0.2, -0.15) is 12.7 Å². The molecule has 0 fully saturated rings. The monoisotopic (exact) mass is 316 g/mol. The Bertz CT molecular complexity index is 595. The number of hydrogen-bond acceptors (Lipinski definition) is 4. The highest BCUT2D eigenvalue weighted by Crippen LogP contribution is 2.23. The number of nitrogens with zero attached hydrogens (tertiary/aromatic N) is 1. The number of aromatic carboxylic acids is 1. The summed E-state index contributed by atoms with van der Waals surface area (Å²) in [6.07, 6.45) is 1.37. The van der Waals surface area contributed by atoms with Gasteiger partial charge in [0.25, 0.3) is 0 Å². The number of carboxylic acids is 1. The maximum atomic E-state index is 12.2. The van der Waals surface area contributed by atoms with Crippen molar-refractivity contribution in [3.05, 3.63) is 23.8 Å². The molecule has 8 heteroatoms. The van der Waals surface area contributed by atoms with E-state index in [-0.39, 0.29) is 11.3 Å². The summed E-state index contributed by atoms with van der Waals surface area (Å²) in [6, 6.07) is 3.54. The Labute approximate surface area is 124 Å². The summed E-state index contributed by atoms with van der Waals surface area (Å²) < 4.78 is 28.1. The first-order valence-electron chi connectivity index (χ1n) is 6.66. The van der Waals surface area contributed by atoms with Crippen LogP contribution >= 0.6 is 0 Å². The molecule has 0 unspecified atom stereocenters. The molecule has 118 valence electrons. The van der Waals surface area contributed by atoms with E-state index >= 15 is 0 Å². The van der Waals surface area contributed by atoms with Gasteiger partial charge in [-0.15, -0.1) is 0 Å². The Morgan fingerprint density at radius 2 is 1.81 bits per heavy atom. The van der Waals surface area contributed by atoms with Crippen LogP contribution in [0.4, 0.5) is 5.69 Å². The summed E-state index contributed by atoms with van der Waals surface area (Å²) in [5.74, 6) is -1.76. The molecule has 0 aliphatic rings. The van der Waals surface area contributed by atoms with Gasteiger partial charge in [-0.05, 0) is 25.0 Å². The molecule has 0 radical (unpaired) electrons. The Morgan fingerprint density at radius 1 is 1.24 bits per heavy atom. The Balaban J connectivity index is 2.97. The molecule has 0 aromatic heterocycles. The fourth-order valence-electron chi connectivity index (χ4n) is 1.84. The van der Waals surface area contributed by atoms with Crippen molar-refractivity contribution in [2.75, 3.05) is 17.8 Å². The van der Waals surface area contributed by atoms with E-state index in [9.17, 15) is 18.3 Å². The molecule has 0 amide bonds. The maximum Gasteiger partial charge on any atom is 0.339 e. The van der Waals surface area contributed by atoms with Crippen molar-refractivity contribution in [1.82, 2.24) is 4.31 Å². The van der Waals surface area contributed by atoms with Crippen LogP contribution in [0.5, 0.6) is 5.75 Å². The number of aromatic hydroxyl groups is 1. The summed E-state index contributed by atoms with van der Waals surface area (Å²) in [4.78, 5) is 10.8. The summed E-state index contributed by atoms with van der Waals surface area (Å²) in [5, 5.41) is 18.4. The van der Waals surface area contributed by atoms with E-state index in [1.165, 1.54) is 10.4 Å². The van der Waals surface area contributed by atoms with Crippen LogP contribution < -0.4 is 4.72 Å². The highest BCUT2D eigenvalue weighted by atomic mass is 32.2. The summed E-state index contributed by atoms with van der Waals surface area (Å²) in [6.45, 7) is 4.54. The van der Waals surface area contributed by atoms with E-state index in [0.29, 0.717) is 25.9 Å². The quantitative estimate of drug-likeness (QED) is 0.678. The maximum absolute atomic E-state index is 12.2. The second-order valence-corrected chi connectivity index (χ2v) is 6.21. The number of phenols is 1. The van der Waals surface area contributed by atoms with Crippen molar-refractivity contribution in [3.63, 3.8) is 0 Å². The highest BCUT2D eigenvalue weighted by Gasteiger charge is 2.21. The predicted molar refractivity (Wildman–Crippen MR) is 79.8 cm³/mol. The average molecular weight is 316 g/mol. The van der Waals surface area contributed by atoms with Crippen molar-refractivity contribution in [2.45, 2.75) is 26.7 Å². The van der Waals surface area contributed by atoms with E-state index in [1.807, 2.05) is 13.8 Å². The predicted octanol–water partition coefficient (Wildman–Crippen LogP) is 1.87. The van der Waals surface area contributed by atoms with Crippen LogP contribution in [-0.2, 0) is 10.2 Å². The van der Waals surface area contributed by atoms with Crippen LogP contribution in [0, 0.1) is 0 Å². The third-order valence-electron chi connectivity index (χ3n) is 2.76. The minimum absolute atomic E-state index is 0.120. The first-order valence-corrected chi connectivity index (χ1v) is 8.10. The van der Waals surface area contributed by atoms with Gasteiger partial charge >= 0.3 is 16.2 Å². The molecule has 3 N–H and O–H groups in total. The van der Waals surface area contributed by atoms with Crippen molar-refractivity contribution in [3.8, 4) is 5.75 Å². The number of carbonyl (C=O) groups is 1. The highest BCUT2D eigenvalue weighted by molar-refractivity contribution is 7.90. The minimum atomic E-state index is -3.72. The van der Waals surface area contributed by atoms with Gasteiger partial charge in [-0.25, -0.2) is 4.79 Å². The first kappa shape index (κ1) is 17.3. The molecule has 0 bridgehead atoms. The fourth-order valence-corrected chi connectivity index (χ4v) is 3.24. The van der Waals surface area contributed by atoms with Crippen LogP contribution in [0.25, 0.3) is 0 Å². The topological polar surface area (TPSA) is 107 Å². The lowest BCUT2D eigenvalue weighted by molar-refractivity contribution is 0.0694. The van der Waals surface area contributed by atoms with Gasteiger partial charge in [-0.3, -0.25) is 4.72 Å². The molecule has 0 heterocycles. The van der Waals surface area contributed by atoms with Crippen LogP contribution in [0.2, 0.25) is 0 Å². The summed E-state index contributed by atoms with van der Waals surface area (Å²) in [7, 11) is -3.72.